The topological polar surface area (TPSA) is 62.3 Å². The van der Waals surface area contributed by atoms with Gasteiger partial charge in [0.25, 0.3) is 0 Å². The summed E-state index contributed by atoms with van der Waals surface area (Å²) in [5.41, 5.74) is 1.22. The molecule has 25 heavy (non-hydrogen) atoms. The van der Waals surface area contributed by atoms with Crippen molar-refractivity contribution in [3.05, 3.63) is 28.2 Å². The monoisotopic (exact) mass is 361 g/mol. The molecule has 136 valence electrons. The Bertz CT molecular complexity index is 670. The smallest absolute Gasteiger partial charge is 0.245 e. The molecule has 1 aliphatic carbocycles. The number of rotatable bonds is 4. The molecule has 2 aliphatic rings. The fourth-order valence-corrected chi connectivity index (χ4v) is 4.94. The second-order valence-electron chi connectivity index (χ2n) is 7.33. The molecule has 2 heterocycles. The highest BCUT2D eigenvalue weighted by Crippen LogP contribution is 2.32. The van der Waals surface area contributed by atoms with Crippen LogP contribution in [0.2, 0.25) is 0 Å². The zero-order valence-corrected chi connectivity index (χ0v) is 15.9. The summed E-state index contributed by atoms with van der Waals surface area (Å²) in [5, 5.41) is 4.11. The van der Waals surface area contributed by atoms with Gasteiger partial charge in [-0.2, -0.15) is 0 Å². The van der Waals surface area contributed by atoms with Crippen LogP contribution in [0.15, 0.2) is 12.7 Å². The summed E-state index contributed by atoms with van der Waals surface area (Å²) >= 11 is 1.74. The number of carbonyl (C=O) groups excluding carboxylic acids is 2. The van der Waals surface area contributed by atoms with Crippen molar-refractivity contribution in [1.82, 2.24) is 15.2 Å². The van der Waals surface area contributed by atoms with Gasteiger partial charge in [-0.05, 0) is 51.0 Å². The molecule has 5 nitrogen and oxygen atoms in total. The summed E-state index contributed by atoms with van der Waals surface area (Å²) in [6.45, 7) is 9.01. The number of thiazole rings is 1. The van der Waals surface area contributed by atoms with Gasteiger partial charge in [0.05, 0.1) is 17.7 Å². The second-order valence-corrected chi connectivity index (χ2v) is 8.44. The average Bonchev–Trinajstić information content (AvgIpc) is 3.04. The maximum Gasteiger partial charge on any atom is 0.245 e. The van der Waals surface area contributed by atoms with Gasteiger partial charge in [0.1, 0.15) is 5.01 Å². The largest absolute Gasteiger partial charge is 0.347 e. The zero-order valence-electron chi connectivity index (χ0n) is 15.1. The number of aromatic nitrogens is 1. The zero-order chi connectivity index (χ0) is 18.0. The van der Waals surface area contributed by atoms with E-state index in [4.69, 9.17) is 4.98 Å². The molecule has 3 unspecified atom stereocenters. The van der Waals surface area contributed by atoms with Gasteiger partial charge in [0.15, 0.2) is 0 Å². The number of carbonyl (C=O) groups is 2. The van der Waals surface area contributed by atoms with Crippen molar-refractivity contribution in [1.29, 1.82) is 0 Å². The van der Waals surface area contributed by atoms with Gasteiger partial charge in [0, 0.05) is 18.0 Å². The first-order valence-electron chi connectivity index (χ1n) is 9.18. The second kappa shape index (κ2) is 7.68. The molecule has 1 N–H and O–H groups in total. The number of aryl methyl sites for hydroxylation is 1. The first-order chi connectivity index (χ1) is 12.0. The number of fused-ring (bicyclic) bond motifs is 1. The van der Waals surface area contributed by atoms with Crippen LogP contribution in [-0.2, 0) is 22.4 Å². The summed E-state index contributed by atoms with van der Waals surface area (Å²) in [5.74, 6) is 0.513. The molecule has 3 atom stereocenters. The van der Waals surface area contributed by atoms with E-state index in [1.807, 2.05) is 6.92 Å². The van der Waals surface area contributed by atoms with E-state index in [0.717, 1.165) is 36.6 Å². The molecular formula is C19H27N3O2S. The van der Waals surface area contributed by atoms with Crippen molar-refractivity contribution >= 4 is 23.2 Å². The third-order valence-electron chi connectivity index (χ3n) is 5.21. The molecule has 1 aromatic rings. The van der Waals surface area contributed by atoms with Gasteiger partial charge in [0.2, 0.25) is 11.8 Å². The van der Waals surface area contributed by atoms with E-state index in [2.05, 4.69) is 18.8 Å². The molecule has 0 saturated carbocycles. The van der Waals surface area contributed by atoms with E-state index in [1.165, 1.54) is 23.1 Å². The molecule has 6 heteroatoms. The molecule has 3 rings (SSSR count). The molecule has 1 saturated heterocycles. The third kappa shape index (κ3) is 4.11. The number of hydrogen-bond donors (Lipinski definition) is 1. The number of hydrogen-bond acceptors (Lipinski definition) is 4. The highest BCUT2D eigenvalue weighted by atomic mass is 32.1. The molecular weight excluding hydrogens is 334 g/mol. The maximum absolute atomic E-state index is 12.6. The first-order valence-corrected chi connectivity index (χ1v) is 9.99. The Morgan fingerprint density at radius 2 is 2.24 bits per heavy atom. The Morgan fingerprint density at radius 1 is 1.44 bits per heavy atom. The van der Waals surface area contributed by atoms with Gasteiger partial charge >= 0.3 is 0 Å². The standard InChI is InChI=1S/C19H27N3O2S/c1-4-17(23)22-9-5-6-14(11-22)18(24)20-13(3)19-21-15-8-7-12(2)10-16(15)25-19/h4,12-14H,1,5-11H2,2-3H3,(H,20,24). The van der Waals surface area contributed by atoms with Gasteiger partial charge in [-0.3, -0.25) is 9.59 Å². The minimum absolute atomic E-state index is 0.0237. The van der Waals surface area contributed by atoms with Gasteiger partial charge in [-0.25, -0.2) is 4.98 Å². The molecule has 1 aromatic heterocycles. The Hall–Kier alpha value is -1.69. The Kier molecular flexibility index (Phi) is 5.57. The minimum atomic E-state index is -0.144. The molecule has 1 fully saturated rings. The van der Waals surface area contributed by atoms with Crippen LogP contribution in [0.25, 0.3) is 0 Å². The van der Waals surface area contributed by atoms with E-state index in [9.17, 15) is 9.59 Å². The quantitative estimate of drug-likeness (QED) is 0.839. The van der Waals surface area contributed by atoms with Gasteiger partial charge < -0.3 is 10.2 Å². The van der Waals surface area contributed by atoms with Crippen LogP contribution >= 0.6 is 11.3 Å². The fraction of sp³-hybridized carbons (Fsp3) is 0.632. The van der Waals surface area contributed by atoms with Crippen molar-refractivity contribution in [2.24, 2.45) is 11.8 Å². The van der Waals surface area contributed by atoms with Crippen LogP contribution in [0.5, 0.6) is 0 Å². The SMILES string of the molecule is C=CC(=O)N1CCCC(C(=O)NC(C)c2nc3c(s2)CC(C)CC3)C1. The Morgan fingerprint density at radius 3 is 3.00 bits per heavy atom. The van der Waals surface area contributed by atoms with Crippen molar-refractivity contribution in [2.45, 2.75) is 52.0 Å². The van der Waals surface area contributed by atoms with E-state index in [1.54, 1.807) is 16.2 Å². The lowest BCUT2D eigenvalue weighted by Gasteiger charge is -2.31. The third-order valence-corrected chi connectivity index (χ3v) is 6.51. The van der Waals surface area contributed by atoms with E-state index in [-0.39, 0.29) is 23.8 Å². The van der Waals surface area contributed by atoms with E-state index >= 15 is 0 Å². The maximum atomic E-state index is 12.6. The molecule has 2 amide bonds. The van der Waals surface area contributed by atoms with Crippen molar-refractivity contribution in [3.8, 4) is 0 Å². The number of piperidine rings is 1. The van der Waals surface area contributed by atoms with Crippen LogP contribution in [0.3, 0.4) is 0 Å². The summed E-state index contributed by atoms with van der Waals surface area (Å²) in [4.78, 5) is 32.3. The van der Waals surface area contributed by atoms with Crippen molar-refractivity contribution < 1.29 is 9.59 Å². The molecule has 0 spiro atoms. The summed E-state index contributed by atoms with van der Waals surface area (Å²) < 4.78 is 0. The van der Waals surface area contributed by atoms with E-state index < -0.39 is 0 Å². The highest BCUT2D eigenvalue weighted by Gasteiger charge is 2.29. The lowest BCUT2D eigenvalue weighted by molar-refractivity contribution is -0.132. The van der Waals surface area contributed by atoms with Crippen LogP contribution in [0, 0.1) is 11.8 Å². The van der Waals surface area contributed by atoms with Gasteiger partial charge in [-0.15, -0.1) is 11.3 Å². The first kappa shape index (κ1) is 18.1. The molecule has 0 bridgehead atoms. The number of nitrogens with one attached hydrogen (secondary N) is 1. The molecule has 0 aromatic carbocycles. The predicted molar refractivity (Wildman–Crippen MR) is 99.4 cm³/mol. The minimum Gasteiger partial charge on any atom is -0.347 e. The van der Waals surface area contributed by atoms with Gasteiger partial charge in [-0.1, -0.05) is 13.5 Å². The molecule has 1 aliphatic heterocycles. The Balaban J connectivity index is 1.61. The van der Waals surface area contributed by atoms with Crippen molar-refractivity contribution in [3.63, 3.8) is 0 Å². The van der Waals surface area contributed by atoms with Crippen LogP contribution in [0.4, 0.5) is 0 Å². The van der Waals surface area contributed by atoms with Crippen LogP contribution < -0.4 is 5.32 Å². The predicted octanol–water partition coefficient (Wildman–Crippen LogP) is 2.87. The number of nitrogens with zero attached hydrogens (tertiary/aromatic N) is 2. The molecule has 0 radical (unpaired) electrons. The Labute approximate surface area is 153 Å². The lowest BCUT2D eigenvalue weighted by atomic mass is 9.93. The summed E-state index contributed by atoms with van der Waals surface area (Å²) in [6, 6.07) is -0.0797. The number of likely N-dealkylation sites (tertiary alicyclic amines) is 1. The highest BCUT2D eigenvalue weighted by molar-refractivity contribution is 7.11. The number of amides is 2. The van der Waals surface area contributed by atoms with E-state index in [0.29, 0.717) is 13.1 Å². The van der Waals surface area contributed by atoms with Crippen LogP contribution in [-0.4, -0.2) is 34.8 Å². The fourth-order valence-electron chi connectivity index (χ4n) is 3.66. The average molecular weight is 362 g/mol. The van der Waals surface area contributed by atoms with Crippen LogP contribution in [0.1, 0.15) is 54.7 Å². The lowest BCUT2D eigenvalue weighted by Crippen LogP contribution is -2.45. The summed E-state index contributed by atoms with van der Waals surface area (Å²) in [7, 11) is 0. The normalized spacial score (nSPS) is 24.3. The van der Waals surface area contributed by atoms with Crippen molar-refractivity contribution in [2.75, 3.05) is 13.1 Å². The summed E-state index contributed by atoms with van der Waals surface area (Å²) in [6.07, 6.45) is 6.36.